The number of aromatic nitrogens is 5. The zero-order chi connectivity index (χ0) is 31.6. The highest BCUT2D eigenvalue weighted by atomic mass is 19.1. The van der Waals surface area contributed by atoms with Gasteiger partial charge in [-0.1, -0.05) is 27.7 Å². The second kappa shape index (κ2) is 10.7. The molecule has 0 saturated carbocycles. The van der Waals surface area contributed by atoms with Gasteiger partial charge in [0, 0.05) is 42.2 Å². The molecular formula is C34H40FN7O2. The molecule has 1 N–H and O–H groups in total. The van der Waals surface area contributed by atoms with Gasteiger partial charge < -0.3 is 15.0 Å². The Labute approximate surface area is 257 Å². The first kappa shape index (κ1) is 29.7. The Kier molecular flexibility index (Phi) is 7.23. The number of allylic oxidation sites excluding steroid dienone is 2. The maximum Gasteiger partial charge on any atom is 0.283 e. The summed E-state index contributed by atoms with van der Waals surface area (Å²) < 4.78 is 24.6. The zero-order valence-electron chi connectivity index (χ0n) is 26.7. The van der Waals surface area contributed by atoms with Crippen LogP contribution in [-0.2, 0) is 29.7 Å². The molecular weight excluding hydrogens is 557 g/mol. The van der Waals surface area contributed by atoms with Crippen LogP contribution in [0.25, 0.3) is 22.2 Å². The molecule has 6 rings (SSSR count). The van der Waals surface area contributed by atoms with Crippen molar-refractivity contribution in [3.63, 3.8) is 0 Å². The van der Waals surface area contributed by atoms with Crippen molar-refractivity contribution in [3.8, 4) is 5.82 Å². The van der Waals surface area contributed by atoms with Crippen molar-refractivity contribution >= 4 is 22.2 Å². The average Bonchev–Trinajstić information content (AvgIpc) is 3.34. The average molecular weight is 598 g/mol. The van der Waals surface area contributed by atoms with E-state index in [-0.39, 0.29) is 22.4 Å². The molecule has 1 unspecified atom stereocenters. The van der Waals surface area contributed by atoms with Gasteiger partial charge in [0.05, 0.1) is 42.1 Å². The summed E-state index contributed by atoms with van der Waals surface area (Å²) in [5, 5.41) is 13.3. The Balaban J connectivity index is 1.39. The molecule has 0 bridgehead atoms. The predicted octanol–water partition coefficient (Wildman–Crippen LogP) is 5.96. The molecule has 44 heavy (non-hydrogen) atoms. The molecule has 230 valence electrons. The van der Waals surface area contributed by atoms with Crippen LogP contribution in [0.15, 0.2) is 59.4 Å². The number of rotatable bonds is 5. The minimum atomic E-state index is -0.553. The molecule has 10 heteroatoms. The third-order valence-electron chi connectivity index (χ3n) is 8.60. The number of hydrogen-bond donors (Lipinski definition) is 1. The second-order valence-corrected chi connectivity index (χ2v) is 13.4. The number of benzene rings is 1. The standard InChI is InChI=1S/C34H40FN7O2/c1-9-25-26(10-11-36-31(25)42-32(43)30-21(16-37-42)12-23(14-27(30)35)33(3,4)5)22-13-28(20(2)40(8)17-22)38-29-15-24-18-44-34(6,7)19-41(24)39-29/h10-17,20H,9,18-19H2,1-8H3,(H,38,39). The van der Waals surface area contributed by atoms with E-state index in [4.69, 9.17) is 9.84 Å². The van der Waals surface area contributed by atoms with Crippen LogP contribution in [0.3, 0.4) is 0 Å². The highest BCUT2D eigenvalue weighted by Crippen LogP contribution is 2.32. The van der Waals surface area contributed by atoms with E-state index in [9.17, 15) is 4.79 Å². The number of nitrogens with one attached hydrogen (secondary N) is 1. The number of nitrogens with zero attached hydrogens (tertiary/aromatic N) is 6. The van der Waals surface area contributed by atoms with E-state index < -0.39 is 11.4 Å². The van der Waals surface area contributed by atoms with E-state index in [0.717, 1.165) is 39.5 Å². The maximum absolute atomic E-state index is 15.4. The Morgan fingerprint density at radius 2 is 1.98 bits per heavy atom. The molecule has 3 aromatic heterocycles. The van der Waals surface area contributed by atoms with E-state index in [2.05, 4.69) is 53.3 Å². The highest BCUT2D eigenvalue weighted by Gasteiger charge is 2.28. The lowest BCUT2D eigenvalue weighted by Crippen LogP contribution is -2.36. The fraction of sp³-hybridized carbons (Fsp3) is 0.412. The normalized spacial score (nSPS) is 18.2. The van der Waals surface area contributed by atoms with E-state index in [1.165, 1.54) is 10.7 Å². The summed E-state index contributed by atoms with van der Waals surface area (Å²) in [6.45, 7) is 15.5. The third-order valence-corrected chi connectivity index (χ3v) is 8.60. The minimum Gasteiger partial charge on any atom is -0.372 e. The monoisotopic (exact) mass is 597 g/mol. The fourth-order valence-corrected chi connectivity index (χ4v) is 5.86. The van der Waals surface area contributed by atoms with E-state index >= 15 is 4.39 Å². The second-order valence-electron chi connectivity index (χ2n) is 13.4. The van der Waals surface area contributed by atoms with E-state index in [0.29, 0.717) is 30.8 Å². The first-order valence-electron chi connectivity index (χ1n) is 15.1. The largest absolute Gasteiger partial charge is 0.372 e. The fourth-order valence-electron chi connectivity index (χ4n) is 5.86. The molecule has 0 amide bonds. The van der Waals surface area contributed by atoms with Gasteiger partial charge in [-0.25, -0.2) is 9.37 Å². The van der Waals surface area contributed by atoms with Gasteiger partial charge in [-0.2, -0.15) is 14.9 Å². The van der Waals surface area contributed by atoms with Gasteiger partial charge in [0.2, 0.25) is 0 Å². The van der Waals surface area contributed by atoms with Crippen molar-refractivity contribution in [3.05, 3.63) is 93.2 Å². The number of hydrogen-bond acceptors (Lipinski definition) is 7. The molecule has 4 aromatic rings. The Morgan fingerprint density at radius 1 is 1.20 bits per heavy atom. The van der Waals surface area contributed by atoms with Gasteiger partial charge in [-0.05, 0) is 73.6 Å². The SMILES string of the molecule is CCc1c(C2=CN(C)C(C)C(Nc3cc4n(n3)CC(C)(C)OC4)=C2)ccnc1-n1ncc2cc(C(C)(C)C)cc(F)c2c1=O. The van der Waals surface area contributed by atoms with E-state index in [1.54, 1.807) is 12.4 Å². The van der Waals surface area contributed by atoms with Gasteiger partial charge in [0.25, 0.3) is 5.56 Å². The van der Waals surface area contributed by atoms with Crippen LogP contribution < -0.4 is 10.9 Å². The molecule has 5 heterocycles. The van der Waals surface area contributed by atoms with Crippen molar-refractivity contribution in [2.24, 2.45) is 0 Å². The Hall–Kier alpha value is -4.31. The van der Waals surface area contributed by atoms with Gasteiger partial charge in [0.15, 0.2) is 11.6 Å². The van der Waals surface area contributed by atoms with Crippen LogP contribution >= 0.6 is 0 Å². The number of pyridine rings is 1. The Morgan fingerprint density at radius 3 is 2.70 bits per heavy atom. The Bertz CT molecular complexity index is 1890. The molecule has 2 aliphatic heterocycles. The molecule has 9 nitrogen and oxygen atoms in total. The summed E-state index contributed by atoms with van der Waals surface area (Å²) in [4.78, 5) is 20.4. The molecule has 1 aromatic carbocycles. The molecule has 0 saturated heterocycles. The van der Waals surface area contributed by atoms with Gasteiger partial charge in [0.1, 0.15) is 5.82 Å². The highest BCUT2D eigenvalue weighted by molar-refractivity contribution is 5.83. The summed E-state index contributed by atoms with van der Waals surface area (Å²) in [5.74, 6) is 0.609. The van der Waals surface area contributed by atoms with E-state index in [1.807, 2.05) is 57.6 Å². The number of fused-ring (bicyclic) bond motifs is 2. The summed E-state index contributed by atoms with van der Waals surface area (Å²) in [6.07, 6.45) is 8.02. The predicted molar refractivity (Wildman–Crippen MR) is 171 cm³/mol. The van der Waals surface area contributed by atoms with Gasteiger partial charge in [-0.15, -0.1) is 0 Å². The molecule has 0 spiro atoms. The lowest BCUT2D eigenvalue weighted by atomic mass is 9.86. The van der Waals surface area contributed by atoms with Crippen LogP contribution in [0, 0.1) is 5.82 Å². The summed E-state index contributed by atoms with van der Waals surface area (Å²) >= 11 is 0. The van der Waals surface area contributed by atoms with Crippen molar-refractivity contribution < 1.29 is 9.13 Å². The maximum atomic E-state index is 15.4. The van der Waals surface area contributed by atoms with Crippen LogP contribution in [0.1, 0.15) is 70.9 Å². The van der Waals surface area contributed by atoms with Crippen molar-refractivity contribution in [2.75, 3.05) is 12.4 Å². The van der Waals surface area contributed by atoms with Crippen LogP contribution in [0.5, 0.6) is 0 Å². The molecule has 0 radical (unpaired) electrons. The van der Waals surface area contributed by atoms with Crippen LogP contribution in [-0.4, -0.2) is 48.1 Å². The topological polar surface area (TPSA) is 90.1 Å². The summed E-state index contributed by atoms with van der Waals surface area (Å²) in [7, 11) is 2.03. The van der Waals surface area contributed by atoms with Crippen LogP contribution in [0.4, 0.5) is 10.2 Å². The van der Waals surface area contributed by atoms with Crippen molar-refractivity contribution in [1.29, 1.82) is 0 Å². The third kappa shape index (κ3) is 5.32. The van der Waals surface area contributed by atoms with Gasteiger partial charge >= 0.3 is 0 Å². The molecule has 0 aliphatic carbocycles. The smallest absolute Gasteiger partial charge is 0.283 e. The molecule has 0 fully saturated rings. The number of anilines is 1. The summed E-state index contributed by atoms with van der Waals surface area (Å²) in [5.41, 5.74) is 4.49. The van der Waals surface area contributed by atoms with Crippen LogP contribution in [0.2, 0.25) is 0 Å². The van der Waals surface area contributed by atoms with Crippen molar-refractivity contribution in [2.45, 2.75) is 85.1 Å². The lowest BCUT2D eigenvalue weighted by molar-refractivity contribution is -0.0660. The quantitative estimate of drug-likeness (QED) is 0.304. The number of ether oxygens (including phenoxy) is 1. The summed E-state index contributed by atoms with van der Waals surface area (Å²) in [6, 6.07) is 7.34. The lowest BCUT2D eigenvalue weighted by Gasteiger charge is -2.31. The van der Waals surface area contributed by atoms with Gasteiger partial charge in [-0.3, -0.25) is 9.48 Å². The number of halogens is 1. The molecule has 1 atom stereocenters. The number of likely N-dealkylation sites (N-methyl/N-ethyl adjacent to an activating group) is 1. The van der Waals surface area contributed by atoms with Crippen molar-refractivity contribution in [1.82, 2.24) is 29.4 Å². The zero-order valence-corrected chi connectivity index (χ0v) is 26.7. The molecule has 2 aliphatic rings. The first-order valence-corrected chi connectivity index (χ1v) is 15.1. The first-order chi connectivity index (χ1) is 20.8. The minimum absolute atomic E-state index is 0.00984.